The van der Waals surface area contributed by atoms with E-state index in [0.29, 0.717) is 36.1 Å². The molecule has 3 atom stereocenters. The van der Waals surface area contributed by atoms with Crippen molar-refractivity contribution in [2.45, 2.75) is 65.1 Å². The molecule has 0 unspecified atom stereocenters. The molecule has 1 aliphatic heterocycles. The zero-order chi connectivity index (χ0) is 29.9. The fourth-order valence-corrected chi connectivity index (χ4v) is 5.11. The van der Waals surface area contributed by atoms with Crippen LogP contribution in [-0.2, 0) is 20.8 Å². The Morgan fingerprint density at radius 1 is 1.17 bits per heavy atom. The number of likely N-dealkylation sites (tertiary alicyclic amines) is 1. The minimum atomic E-state index is -0.780. The zero-order valence-electron chi connectivity index (χ0n) is 23.9. The number of benzene rings is 2. The number of carbonyl (C=O) groups excluding carboxylic acids is 3. The number of carbonyl (C=O) groups is 3. The van der Waals surface area contributed by atoms with Crippen LogP contribution in [0.1, 0.15) is 46.1 Å². The van der Waals surface area contributed by atoms with Crippen LogP contribution >= 0.6 is 11.6 Å². The van der Waals surface area contributed by atoms with Gasteiger partial charge in [0.2, 0.25) is 11.8 Å². The minimum Gasteiger partial charge on any atom is -0.342 e. The van der Waals surface area contributed by atoms with Gasteiger partial charge in [0.05, 0.1) is 28.3 Å². The summed E-state index contributed by atoms with van der Waals surface area (Å²) in [6, 6.07) is 8.21. The van der Waals surface area contributed by atoms with Gasteiger partial charge in [0.25, 0.3) is 0 Å². The SMILES string of the molecule is CN[C@@H](C)C(=O)N[C@H](C(=O)N1CCC[C@H]1C(=O)Cc1ccc2ncnc(Nc3cccc(Cl)c3F)c2c1)C(C)(C)C. The summed E-state index contributed by atoms with van der Waals surface area (Å²) in [4.78, 5) is 50.1. The maximum atomic E-state index is 14.5. The number of anilines is 2. The normalized spacial score (nSPS) is 16.9. The van der Waals surface area contributed by atoms with Crippen LogP contribution in [0.4, 0.5) is 15.9 Å². The molecule has 1 aromatic heterocycles. The number of rotatable bonds is 9. The third kappa shape index (κ3) is 6.82. The predicted octanol–water partition coefficient (Wildman–Crippen LogP) is 4.41. The molecule has 1 fully saturated rings. The Morgan fingerprint density at radius 3 is 2.63 bits per heavy atom. The first kappa shape index (κ1) is 30.3. The van der Waals surface area contributed by atoms with E-state index in [1.165, 1.54) is 12.4 Å². The molecule has 0 spiro atoms. The van der Waals surface area contributed by atoms with Crippen LogP contribution in [0, 0.1) is 11.2 Å². The molecule has 2 amide bonds. The van der Waals surface area contributed by atoms with Crippen molar-refractivity contribution in [3.8, 4) is 0 Å². The van der Waals surface area contributed by atoms with E-state index in [2.05, 4.69) is 25.9 Å². The molecule has 0 saturated carbocycles. The molecule has 2 aromatic carbocycles. The van der Waals surface area contributed by atoms with Crippen molar-refractivity contribution < 1.29 is 18.8 Å². The lowest BCUT2D eigenvalue weighted by atomic mass is 9.85. The van der Waals surface area contributed by atoms with Gasteiger partial charge in [-0.15, -0.1) is 0 Å². The van der Waals surface area contributed by atoms with Crippen molar-refractivity contribution in [1.29, 1.82) is 0 Å². The molecule has 3 N–H and O–H groups in total. The van der Waals surface area contributed by atoms with Crippen LogP contribution < -0.4 is 16.0 Å². The summed E-state index contributed by atoms with van der Waals surface area (Å²) in [6.07, 6.45) is 2.72. The van der Waals surface area contributed by atoms with E-state index in [9.17, 15) is 18.8 Å². The van der Waals surface area contributed by atoms with Gasteiger partial charge in [0, 0.05) is 18.4 Å². The molecule has 11 heteroatoms. The molecule has 4 rings (SSSR count). The Morgan fingerprint density at radius 2 is 1.93 bits per heavy atom. The molecule has 41 heavy (non-hydrogen) atoms. The second-order valence-corrected chi connectivity index (χ2v) is 11.9. The van der Waals surface area contributed by atoms with Crippen LogP contribution in [-0.4, -0.2) is 64.2 Å². The number of ketones is 1. The number of nitrogens with one attached hydrogen (secondary N) is 3. The quantitative estimate of drug-likeness (QED) is 0.342. The first-order chi connectivity index (χ1) is 19.4. The number of Topliss-reactive ketones (excluding diaryl/α,β-unsaturated/α-hetero) is 1. The Kier molecular flexibility index (Phi) is 9.24. The molecule has 0 aliphatic carbocycles. The van der Waals surface area contributed by atoms with Crippen LogP contribution in [0.25, 0.3) is 10.9 Å². The molecule has 2 heterocycles. The van der Waals surface area contributed by atoms with Crippen LogP contribution in [0.5, 0.6) is 0 Å². The third-order valence-corrected chi connectivity index (χ3v) is 7.71. The van der Waals surface area contributed by atoms with Crippen molar-refractivity contribution in [1.82, 2.24) is 25.5 Å². The van der Waals surface area contributed by atoms with Gasteiger partial charge in [-0.2, -0.15) is 0 Å². The highest BCUT2D eigenvalue weighted by Crippen LogP contribution is 2.30. The van der Waals surface area contributed by atoms with Gasteiger partial charge < -0.3 is 20.9 Å². The summed E-state index contributed by atoms with van der Waals surface area (Å²) in [5.74, 6) is -0.841. The molecule has 9 nitrogen and oxygen atoms in total. The Hall–Kier alpha value is -3.63. The number of amides is 2. The van der Waals surface area contributed by atoms with E-state index < -0.39 is 29.4 Å². The van der Waals surface area contributed by atoms with Gasteiger partial charge in [-0.3, -0.25) is 14.4 Å². The third-order valence-electron chi connectivity index (χ3n) is 7.42. The van der Waals surface area contributed by atoms with Crippen molar-refractivity contribution >= 4 is 51.6 Å². The summed E-state index contributed by atoms with van der Waals surface area (Å²) in [5, 5.41) is 9.36. The van der Waals surface area contributed by atoms with E-state index in [1.54, 1.807) is 43.1 Å². The molecule has 1 aliphatic rings. The number of nitrogens with zero attached hydrogens (tertiary/aromatic N) is 3. The second kappa shape index (κ2) is 12.5. The van der Waals surface area contributed by atoms with E-state index in [4.69, 9.17) is 11.6 Å². The highest BCUT2D eigenvalue weighted by molar-refractivity contribution is 6.31. The average molecular weight is 583 g/mol. The summed E-state index contributed by atoms with van der Waals surface area (Å²) >= 11 is 5.93. The molecule has 3 aromatic rings. The van der Waals surface area contributed by atoms with Crippen molar-refractivity contribution in [3.05, 3.63) is 59.1 Å². The van der Waals surface area contributed by atoms with Crippen LogP contribution in [0.15, 0.2) is 42.7 Å². The number of fused-ring (bicyclic) bond motifs is 1. The number of likely N-dealkylation sites (N-methyl/N-ethyl adjacent to an activating group) is 1. The zero-order valence-corrected chi connectivity index (χ0v) is 24.7. The largest absolute Gasteiger partial charge is 0.342 e. The van der Waals surface area contributed by atoms with Crippen molar-refractivity contribution in [3.63, 3.8) is 0 Å². The topological polar surface area (TPSA) is 116 Å². The molecular formula is C30H36ClFN6O3. The summed E-state index contributed by atoms with van der Waals surface area (Å²) < 4.78 is 14.5. The van der Waals surface area contributed by atoms with E-state index >= 15 is 0 Å². The summed E-state index contributed by atoms with van der Waals surface area (Å²) in [5.41, 5.74) is 0.956. The lowest BCUT2D eigenvalue weighted by Crippen LogP contribution is -2.58. The number of hydrogen-bond donors (Lipinski definition) is 3. The first-order valence-corrected chi connectivity index (χ1v) is 14.0. The minimum absolute atomic E-state index is 0.0138. The molecule has 0 radical (unpaired) electrons. The Labute approximate surface area is 244 Å². The molecule has 1 saturated heterocycles. The van der Waals surface area contributed by atoms with E-state index in [1.807, 2.05) is 26.8 Å². The van der Waals surface area contributed by atoms with Crippen LogP contribution in [0.2, 0.25) is 5.02 Å². The van der Waals surface area contributed by atoms with Crippen molar-refractivity contribution in [2.75, 3.05) is 18.9 Å². The first-order valence-electron chi connectivity index (χ1n) is 13.7. The van der Waals surface area contributed by atoms with Crippen LogP contribution in [0.3, 0.4) is 0 Å². The monoisotopic (exact) mass is 582 g/mol. The average Bonchev–Trinajstić information content (AvgIpc) is 3.43. The lowest BCUT2D eigenvalue weighted by molar-refractivity contribution is -0.143. The fourth-order valence-electron chi connectivity index (χ4n) is 4.94. The Bertz CT molecular complexity index is 1460. The maximum absolute atomic E-state index is 14.5. The molecular weight excluding hydrogens is 547 g/mol. The highest BCUT2D eigenvalue weighted by Gasteiger charge is 2.42. The maximum Gasteiger partial charge on any atom is 0.246 e. The standard InChI is InChI=1S/C30H36ClFN6O3/c1-17(33-5)28(40)37-26(30(2,3)4)29(41)38-13-7-10-23(38)24(39)15-18-11-12-21-19(14-18)27(35-16-34-21)36-22-9-6-8-20(31)25(22)32/h6,8-9,11-12,14,16-17,23,26,33H,7,10,13,15H2,1-5H3,(H,37,40)(H,34,35,36)/t17-,23-,26+/m0/s1. The van der Waals surface area contributed by atoms with E-state index in [-0.39, 0.29) is 34.7 Å². The lowest BCUT2D eigenvalue weighted by Gasteiger charge is -2.36. The predicted molar refractivity (Wildman–Crippen MR) is 158 cm³/mol. The van der Waals surface area contributed by atoms with Gasteiger partial charge in [0.1, 0.15) is 18.2 Å². The second-order valence-electron chi connectivity index (χ2n) is 11.5. The molecule has 0 bridgehead atoms. The van der Waals surface area contributed by atoms with Gasteiger partial charge in [-0.05, 0) is 62.1 Å². The fraction of sp³-hybridized carbons (Fsp3) is 0.433. The smallest absolute Gasteiger partial charge is 0.246 e. The molecule has 218 valence electrons. The van der Waals surface area contributed by atoms with Gasteiger partial charge in [-0.1, -0.05) is 44.5 Å². The van der Waals surface area contributed by atoms with Crippen molar-refractivity contribution in [2.24, 2.45) is 5.41 Å². The number of halogens is 2. The van der Waals surface area contributed by atoms with Gasteiger partial charge >= 0.3 is 0 Å². The number of aromatic nitrogens is 2. The van der Waals surface area contributed by atoms with Gasteiger partial charge in [0.15, 0.2) is 11.6 Å². The number of hydrogen-bond acceptors (Lipinski definition) is 7. The highest BCUT2D eigenvalue weighted by atomic mass is 35.5. The summed E-state index contributed by atoms with van der Waals surface area (Å²) in [6.45, 7) is 7.85. The Balaban J connectivity index is 1.55. The van der Waals surface area contributed by atoms with Gasteiger partial charge in [-0.25, -0.2) is 14.4 Å². The summed E-state index contributed by atoms with van der Waals surface area (Å²) in [7, 11) is 1.68. The van der Waals surface area contributed by atoms with E-state index in [0.717, 1.165) is 5.56 Å².